The summed E-state index contributed by atoms with van der Waals surface area (Å²) in [7, 11) is 2.15. The van der Waals surface area contributed by atoms with Gasteiger partial charge in [-0.2, -0.15) is 0 Å². The number of nitrogens with two attached hydrogens (primary N) is 1. The summed E-state index contributed by atoms with van der Waals surface area (Å²) in [6.45, 7) is 9.73. The molecule has 2 N–H and O–H groups in total. The van der Waals surface area contributed by atoms with Gasteiger partial charge in [-0.05, 0) is 32.4 Å². The molecular formula is C15H26N2. The fourth-order valence-electron chi connectivity index (χ4n) is 2.08. The summed E-state index contributed by atoms with van der Waals surface area (Å²) in [4.78, 5) is 2.34. The van der Waals surface area contributed by atoms with Crippen molar-refractivity contribution in [1.29, 1.82) is 0 Å². The summed E-state index contributed by atoms with van der Waals surface area (Å²) in [6.07, 6.45) is 0. The van der Waals surface area contributed by atoms with E-state index < -0.39 is 0 Å². The van der Waals surface area contributed by atoms with Crippen molar-refractivity contribution in [3.8, 4) is 0 Å². The first kappa shape index (κ1) is 14.2. The van der Waals surface area contributed by atoms with Crippen molar-refractivity contribution < 1.29 is 0 Å². The number of likely N-dealkylation sites (N-methyl/N-ethyl adjacent to an activating group) is 1. The zero-order chi connectivity index (χ0) is 13.1. The first-order valence-electron chi connectivity index (χ1n) is 6.39. The summed E-state index contributed by atoms with van der Waals surface area (Å²) >= 11 is 0. The molecule has 1 aromatic rings. The number of hydrogen-bond acceptors (Lipinski definition) is 2. The van der Waals surface area contributed by atoms with Crippen molar-refractivity contribution in [2.75, 3.05) is 13.6 Å². The average molecular weight is 234 g/mol. The minimum absolute atomic E-state index is 0.292. The highest BCUT2D eigenvalue weighted by atomic mass is 15.1. The molecule has 17 heavy (non-hydrogen) atoms. The Morgan fingerprint density at radius 1 is 1.18 bits per heavy atom. The van der Waals surface area contributed by atoms with Gasteiger partial charge in [0.05, 0.1) is 5.54 Å². The van der Waals surface area contributed by atoms with E-state index in [0.29, 0.717) is 12.0 Å². The lowest BCUT2D eigenvalue weighted by Gasteiger charge is -2.35. The quantitative estimate of drug-likeness (QED) is 0.849. The summed E-state index contributed by atoms with van der Waals surface area (Å²) in [6, 6.07) is 10.9. The molecule has 1 aromatic carbocycles. The van der Waals surface area contributed by atoms with E-state index in [1.54, 1.807) is 0 Å². The minimum Gasteiger partial charge on any atom is -0.321 e. The van der Waals surface area contributed by atoms with Crippen LogP contribution in [-0.2, 0) is 5.54 Å². The van der Waals surface area contributed by atoms with E-state index in [1.807, 2.05) is 18.2 Å². The monoisotopic (exact) mass is 234 g/mol. The molecule has 0 aliphatic heterocycles. The van der Waals surface area contributed by atoms with Crippen molar-refractivity contribution >= 4 is 0 Å². The highest BCUT2D eigenvalue weighted by Crippen LogP contribution is 2.20. The number of nitrogens with zero attached hydrogens (tertiary/aromatic N) is 1. The third-order valence-corrected chi connectivity index (χ3v) is 3.67. The number of hydrogen-bond donors (Lipinski definition) is 1. The minimum atomic E-state index is -0.292. The van der Waals surface area contributed by atoms with Crippen molar-refractivity contribution in [3.05, 3.63) is 35.9 Å². The van der Waals surface area contributed by atoms with Crippen LogP contribution < -0.4 is 5.73 Å². The maximum atomic E-state index is 6.44. The van der Waals surface area contributed by atoms with Gasteiger partial charge in [-0.1, -0.05) is 44.2 Å². The van der Waals surface area contributed by atoms with Crippen molar-refractivity contribution in [2.24, 2.45) is 11.7 Å². The van der Waals surface area contributed by atoms with Gasteiger partial charge < -0.3 is 10.6 Å². The first-order chi connectivity index (χ1) is 7.84. The molecule has 96 valence electrons. The molecule has 0 aliphatic rings. The lowest BCUT2D eigenvalue weighted by molar-refractivity contribution is 0.170. The molecule has 0 radical (unpaired) electrons. The fraction of sp³-hybridized carbons (Fsp3) is 0.600. The first-order valence-corrected chi connectivity index (χ1v) is 6.39. The highest BCUT2D eigenvalue weighted by molar-refractivity contribution is 5.23. The molecule has 2 nitrogen and oxygen atoms in total. The van der Waals surface area contributed by atoms with Crippen LogP contribution in [0.2, 0.25) is 0 Å². The predicted molar refractivity (Wildman–Crippen MR) is 74.9 cm³/mol. The van der Waals surface area contributed by atoms with Crippen LogP contribution in [0.15, 0.2) is 30.3 Å². The van der Waals surface area contributed by atoms with Gasteiger partial charge in [0.1, 0.15) is 0 Å². The molecule has 0 spiro atoms. The number of benzene rings is 1. The highest BCUT2D eigenvalue weighted by Gasteiger charge is 2.25. The fourth-order valence-corrected chi connectivity index (χ4v) is 2.08. The van der Waals surface area contributed by atoms with Crippen molar-refractivity contribution in [3.63, 3.8) is 0 Å². The molecule has 0 fully saturated rings. The van der Waals surface area contributed by atoms with Gasteiger partial charge in [0.25, 0.3) is 0 Å². The van der Waals surface area contributed by atoms with E-state index in [2.05, 4.69) is 51.8 Å². The second kappa shape index (κ2) is 5.65. The van der Waals surface area contributed by atoms with Crippen LogP contribution in [0, 0.1) is 5.92 Å². The zero-order valence-corrected chi connectivity index (χ0v) is 11.8. The van der Waals surface area contributed by atoms with Gasteiger partial charge in [0.2, 0.25) is 0 Å². The van der Waals surface area contributed by atoms with Crippen LogP contribution in [-0.4, -0.2) is 24.5 Å². The van der Waals surface area contributed by atoms with E-state index in [4.69, 9.17) is 5.73 Å². The molecule has 2 unspecified atom stereocenters. The molecule has 2 atom stereocenters. The summed E-state index contributed by atoms with van der Waals surface area (Å²) in [5.41, 5.74) is 7.34. The Labute approximate surface area is 106 Å². The molecule has 0 aliphatic carbocycles. The van der Waals surface area contributed by atoms with Gasteiger partial charge >= 0.3 is 0 Å². The van der Waals surface area contributed by atoms with E-state index >= 15 is 0 Å². The second-order valence-corrected chi connectivity index (χ2v) is 5.68. The van der Waals surface area contributed by atoms with Crippen molar-refractivity contribution in [1.82, 2.24) is 4.90 Å². The molecule has 0 heterocycles. The Morgan fingerprint density at radius 2 is 1.71 bits per heavy atom. The molecule has 0 aromatic heterocycles. The molecule has 2 heteroatoms. The largest absolute Gasteiger partial charge is 0.321 e. The average Bonchev–Trinajstić information content (AvgIpc) is 2.28. The predicted octanol–water partition coefficient (Wildman–Crippen LogP) is 2.84. The third kappa shape index (κ3) is 3.83. The summed E-state index contributed by atoms with van der Waals surface area (Å²) in [5, 5.41) is 0. The maximum absolute atomic E-state index is 6.44. The SMILES string of the molecule is CC(C)C(C)N(C)CC(C)(N)c1ccccc1. The second-order valence-electron chi connectivity index (χ2n) is 5.68. The summed E-state index contributed by atoms with van der Waals surface area (Å²) in [5.74, 6) is 0.645. The Bertz CT molecular complexity index is 330. The van der Waals surface area contributed by atoms with E-state index in [-0.39, 0.29) is 5.54 Å². The Morgan fingerprint density at radius 3 is 2.18 bits per heavy atom. The van der Waals surface area contributed by atoms with Crippen LogP contribution in [0.1, 0.15) is 33.3 Å². The zero-order valence-electron chi connectivity index (χ0n) is 11.8. The maximum Gasteiger partial charge on any atom is 0.0509 e. The third-order valence-electron chi connectivity index (χ3n) is 3.67. The lowest BCUT2D eigenvalue weighted by Crippen LogP contribution is -2.47. The van der Waals surface area contributed by atoms with Crippen LogP contribution in [0.5, 0.6) is 0 Å². The van der Waals surface area contributed by atoms with Gasteiger partial charge in [0, 0.05) is 12.6 Å². The van der Waals surface area contributed by atoms with Crippen LogP contribution >= 0.6 is 0 Å². The van der Waals surface area contributed by atoms with Gasteiger partial charge in [-0.25, -0.2) is 0 Å². The van der Waals surface area contributed by atoms with Crippen LogP contribution in [0.4, 0.5) is 0 Å². The summed E-state index contributed by atoms with van der Waals surface area (Å²) < 4.78 is 0. The molecule has 0 saturated heterocycles. The topological polar surface area (TPSA) is 29.3 Å². The Balaban J connectivity index is 2.73. The molecule has 0 amide bonds. The molecule has 0 bridgehead atoms. The van der Waals surface area contributed by atoms with E-state index in [1.165, 1.54) is 5.56 Å². The van der Waals surface area contributed by atoms with Crippen LogP contribution in [0.3, 0.4) is 0 Å². The standard InChI is InChI=1S/C15H26N2/c1-12(2)13(3)17(5)11-15(4,16)14-9-7-6-8-10-14/h6-10,12-13H,11,16H2,1-5H3. The Kier molecular flexibility index (Phi) is 4.72. The van der Waals surface area contributed by atoms with E-state index in [0.717, 1.165) is 6.54 Å². The smallest absolute Gasteiger partial charge is 0.0509 e. The number of rotatable bonds is 5. The van der Waals surface area contributed by atoms with Gasteiger partial charge in [-0.3, -0.25) is 0 Å². The van der Waals surface area contributed by atoms with Gasteiger partial charge in [0.15, 0.2) is 0 Å². The molecule has 1 rings (SSSR count). The molecular weight excluding hydrogens is 208 g/mol. The normalized spacial score (nSPS) is 17.2. The van der Waals surface area contributed by atoms with Gasteiger partial charge in [-0.15, -0.1) is 0 Å². The molecule has 0 saturated carbocycles. The van der Waals surface area contributed by atoms with Crippen LogP contribution in [0.25, 0.3) is 0 Å². The van der Waals surface area contributed by atoms with E-state index in [9.17, 15) is 0 Å². The lowest BCUT2D eigenvalue weighted by atomic mass is 9.91. The Hall–Kier alpha value is -0.860. The van der Waals surface area contributed by atoms with Crippen molar-refractivity contribution in [2.45, 2.75) is 39.3 Å².